The summed E-state index contributed by atoms with van der Waals surface area (Å²) in [5, 5.41) is 0. The quantitative estimate of drug-likeness (QED) is 0.763. The van der Waals surface area contributed by atoms with E-state index >= 15 is 0 Å². The molecule has 0 saturated heterocycles. The number of carbonyl (C=O) groups is 1. The predicted octanol–water partition coefficient (Wildman–Crippen LogP) is 3.59. The fraction of sp³-hybridized carbons (Fsp3) is 0.462. The molecule has 0 aliphatic rings. The van der Waals surface area contributed by atoms with E-state index in [0.29, 0.717) is 6.42 Å². The van der Waals surface area contributed by atoms with E-state index in [1.165, 1.54) is 16.7 Å². The summed E-state index contributed by atoms with van der Waals surface area (Å²) in [5.41, 5.74) is 3.85. The number of benzene rings is 1. The van der Waals surface area contributed by atoms with Gasteiger partial charge in [-0.1, -0.05) is 41.1 Å². The summed E-state index contributed by atoms with van der Waals surface area (Å²) in [6, 6.07) is 6.25. The van der Waals surface area contributed by atoms with Crippen molar-refractivity contribution >= 4 is 21.7 Å². The molecular weight excluding hydrogens is 252 g/mol. The number of aryl methyl sites for hydroxylation is 1. The number of rotatable bonds is 4. The Morgan fingerprint density at radius 3 is 2.67 bits per heavy atom. The van der Waals surface area contributed by atoms with Crippen molar-refractivity contribution in [3.63, 3.8) is 0 Å². The fourth-order valence-electron chi connectivity index (χ4n) is 1.56. The zero-order valence-corrected chi connectivity index (χ0v) is 11.1. The lowest BCUT2D eigenvalue weighted by Crippen LogP contribution is -2.16. The summed E-state index contributed by atoms with van der Waals surface area (Å²) < 4.78 is 0. The maximum atomic E-state index is 11.5. The van der Waals surface area contributed by atoms with E-state index in [0.717, 1.165) is 6.42 Å². The van der Waals surface area contributed by atoms with Crippen molar-refractivity contribution < 1.29 is 4.79 Å². The molecule has 0 N–H and O–H groups in total. The van der Waals surface area contributed by atoms with Crippen LogP contribution in [0.25, 0.3) is 0 Å². The zero-order valence-electron chi connectivity index (χ0n) is 9.51. The van der Waals surface area contributed by atoms with Crippen LogP contribution in [0.2, 0.25) is 0 Å². The molecule has 0 aliphatic carbocycles. The van der Waals surface area contributed by atoms with Gasteiger partial charge in [0.2, 0.25) is 0 Å². The van der Waals surface area contributed by atoms with E-state index in [2.05, 4.69) is 41.9 Å². The van der Waals surface area contributed by atoms with Crippen molar-refractivity contribution in [1.82, 2.24) is 0 Å². The Kier molecular flexibility index (Phi) is 4.52. The third-order valence-electron chi connectivity index (χ3n) is 2.81. The molecule has 1 unspecified atom stereocenters. The second kappa shape index (κ2) is 5.45. The summed E-state index contributed by atoms with van der Waals surface area (Å²) in [7, 11) is 0. The lowest BCUT2D eigenvalue weighted by Gasteiger charge is -2.11. The Bertz CT molecular complexity index is 358. The van der Waals surface area contributed by atoms with Gasteiger partial charge in [-0.25, -0.2) is 0 Å². The average molecular weight is 269 g/mol. The van der Waals surface area contributed by atoms with Crippen LogP contribution in [0.15, 0.2) is 18.2 Å². The van der Waals surface area contributed by atoms with E-state index in [-0.39, 0.29) is 10.6 Å². The molecule has 1 aromatic rings. The SMILES string of the molecule is CCC(=O)C(Br)Cc1cccc(C)c1C. The van der Waals surface area contributed by atoms with E-state index in [1.807, 2.05) is 13.0 Å². The van der Waals surface area contributed by atoms with E-state index in [9.17, 15) is 4.79 Å². The third-order valence-corrected chi connectivity index (χ3v) is 3.65. The van der Waals surface area contributed by atoms with Gasteiger partial charge in [0.15, 0.2) is 0 Å². The molecule has 0 heterocycles. The Morgan fingerprint density at radius 2 is 2.07 bits per heavy atom. The highest BCUT2D eigenvalue weighted by Crippen LogP contribution is 2.18. The molecule has 0 aliphatic heterocycles. The first-order valence-corrected chi connectivity index (χ1v) is 6.19. The molecule has 1 nitrogen and oxygen atoms in total. The molecule has 0 amide bonds. The van der Waals surface area contributed by atoms with Crippen molar-refractivity contribution in [3.05, 3.63) is 34.9 Å². The molecule has 1 rings (SSSR count). The van der Waals surface area contributed by atoms with Crippen molar-refractivity contribution in [2.45, 2.75) is 38.4 Å². The Morgan fingerprint density at radius 1 is 1.40 bits per heavy atom. The van der Waals surface area contributed by atoms with Crippen molar-refractivity contribution in [3.8, 4) is 0 Å². The summed E-state index contributed by atoms with van der Waals surface area (Å²) >= 11 is 3.45. The second-order valence-electron chi connectivity index (χ2n) is 3.85. The lowest BCUT2D eigenvalue weighted by atomic mass is 9.98. The molecule has 0 fully saturated rings. The van der Waals surface area contributed by atoms with Gasteiger partial charge in [-0.05, 0) is 37.0 Å². The molecule has 1 atom stereocenters. The van der Waals surface area contributed by atoms with Gasteiger partial charge >= 0.3 is 0 Å². The molecule has 0 bridgehead atoms. The highest BCUT2D eigenvalue weighted by Gasteiger charge is 2.14. The van der Waals surface area contributed by atoms with Gasteiger partial charge in [-0.15, -0.1) is 0 Å². The van der Waals surface area contributed by atoms with Crippen LogP contribution in [-0.4, -0.2) is 10.6 Å². The molecule has 2 heteroatoms. The lowest BCUT2D eigenvalue weighted by molar-refractivity contribution is -0.118. The Hall–Kier alpha value is -0.630. The fourth-order valence-corrected chi connectivity index (χ4v) is 2.23. The van der Waals surface area contributed by atoms with Crippen LogP contribution in [0, 0.1) is 13.8 Å². The first-order chi connectivity index (χ1) is 7.06. The maximum absolute atomic E-state index is 11.5. The van der Waals surface area contributed by atoms with Crippen LogP contribution < -0.4 is 0 Å². The first-order valence-electron chi connectivity index (χ1n) is 5.28. The van der Waals surface area contributed by atoms with Gasteiger partial charge in [0.05, 0.1) is 4.83 Å². The predicted molar refractivity (Wildman–Crippen MR) is 67.6 cm³/mol. The van der Waals surface area contributed by atoms with E-state index in [4.69, 9.17) is 0 Å². The third kappa shape index (κ3) is 3.16. The highest BCUT2D eigenvalue weighted by atomic mass is 79.9. The van der Waals surface area contributed by atoms with Crippen LogP contribution in [0.3, 0.4) is 0 Å². The Balaban J connectivity index is 2.81. The summed E-state index contributed by atoms with van der Waals surface area (Å²) in [5.74, 6) is 0.274. The molecule has 0 aromatic heterocycles. The van der Waals surface area contributed by atoms with Gasteiger partial charge in [-0.2, -0.15) is 0 Å². The average Bonchev–Trinajstić information content (AvgIpc) is 2.23. The molecule has 0 spiro atoms. The molecule has 0 radical (unpaired) electrons. The monoisotopic (exact) mass is 268 g/mol. The van der Waals surface area contributed by atoms with Crippen LogP contribution in [-0.2, 0) is 11.2 Å². The Labute approximate surface area is 100 Å². The smallest absolute Gasteiger partial charge is 0.146 e. The standard InChI is InChI=1S/C13H17BrO/c1-4-13(15)12(14)8-11-7-5-6-9(2)10(11)3/h5-7,12H,4,8H2,1-3H3. The van der Waals surface area contributed by atoms with Gasteiger partial charge in [0.25, 0.3) is 0 Å². The van der Waals surface area contributed by atoms with Crippen LogP contribution in [0.1, 0.15) is 30.0 Å². The number of hydrogen-bond acceptors (Lipinski definition) is 1. The van der Waals surface area contributed by atoms with Crippen molar-refractivity contribution in [1.29, 1.82) is 0 Å². The molecular formula is C13H17BrO. The number of carbonyl (C=O) groups excluding carboxylic acids is 1. The van der Waals surface area contributed by atoms with Crippen LogP contribution in [0.5, 0.6) is 0 Å². The number of Topliss-reactive ketones (excluding diaryl/α,β-unsaturated/α-hetero) is 1. The summed E-state index contributed by atoms with van der Waals surface area (Å²) in [6.07, 6.45) is 1.39. The van der Waals surface area contributed by atoms with Crippen molar-refractivity contribution in [2.75, 3.05) is 0 Å². The minimum Gasteiger partial charge on any atom is -0.298 e. The minimum absolute atomic E-state index is 0.0389. The zero-order chi connectivity index (χ0) is 11.4. The summed E-state index contributed by atoms with van der Waals surface area (Å²) in [4.78, 5) is 11.4. The molecule has 82 valence electrons. The van der Waals surface area contributed by atoms with Gasteiger partial charge in [0, 0.05) is 6.42 Å². The van der Waals surface area contributed by atoms with Crippen LogP contribution in [0.4, 0.5) is 0 Å². The van der Waals surface area contributed by atoms with E-state index in [1.54, 1.807) is 0 Å². The van der Waals surface area contributed by atoms with Gasteiger partial charge < -0.3 is 0 Å². The first kappa shape index (κ1) is 12.4. The summed E-state index contributed by atoms with van der Waals surface area (Å²) in [6.45, 7) is 6.12. The van der Waals surface area contributed by atoms with Gasteiger partial charge in [-0.3, -0.25) is 4.79 Å². The second-order valence-corrected chi connectivity index (χ2v) is 4.96. The van der Waals surface area contributed by atoms with Crippen LogP contribution >= 0.6 is 15.9 Å². The molecule has 15 heavy (non-hydrogen) atoms. The number of ketones is 1. The minimum atomic E-state index is -0.0389. The topological polar surface area (TPSA) is 17.1 Å². The maximum Gasteiger partial charge on any atom is 0.146 e. The van der Waals surface area contributed by atoms with Crippen molar-refractivity contribution in [2.24, 2.45) is 0 Å². The normalized spacial score (nSPS) is 12.5. The molecule has 0 saturated carbocycles. The van der Waals surface area contributed by atoms with E-state index < -0.39 is 0 Å². The number of alkyl halides is 1. The van der Waals surface area contributed by atoms with Gasteiger partial charge in [0.1, 0.15) is 5.78 Å². The largest absolute Gasteiger partial charge is 0.298 e. The molecule has 1 aromatic carbocycles. The number of hydrogen-bond donors (Lipinski definition) is 0. The highest BCUT2D eigenvalue weighted by molar-refractivity contribution is 9.10. The number of halogens is 1.